The molecule has 9 heteroatoms. The Balaban J connectivity index is 0.000000858. The molecule has 0 amide bonds. The fourth-order valence-electron chi connectivity index (χ4n) is 3.30. The van der Waals surface area contributed by atoms with Crippen molar-refractivity contribution >= 4 is 5.69 Å². The summed E-state index contributed by atoms with van der Waals surface area (Å²) in [6.45, 7) is 7.10. The number of halogens is 2. The molecule has 0 bridgehead atoms. The summed E-state index contributed by atoms with van der Waals surface area (Å²) >= 11 is 0. The van der Waals surface area contributed by atoms with Gasteiger partial charge in [-0.2, -0.15) is 13.7 Å². The fraction of sp³-hybridized carbons (Fsp3) is 0.364. The highest BCUT2D eigenvalue weighted by Crippen LogP contribution is 2.28. The molecule has 2 heterocycles. The lowest BCUT2D eigenvalue weighted by Crippen LogP contribution is -2.24. The molecule has 31 heavy (non-hydrogen) atoms. The van der Waals surface area contributed by atoms with Crippen LogP contribution in [0.25, 0.3) is 11.5 Å². The van der Waals surface area contributed by atoms with Crippen molar-refractivity contribution in [1.29, 1.82) is 0 Å². The van der Waals surface area contributed by atoms with Gasteiger partial charge in [-0.05, 0) is 54.8 Å². The fourth-order valence-corrected chi connectivity index (χ4v) is 3.30. The van der Waals surface area contributed by atoms with E-state index in [0.717, 1.165) is 24.3 Å². The maximum atomic E-state index is 12.6. The standard InChI is InChI=1S/C21H22F2N4O.CH3NO/c1-13(2)27-11-16-7-8-18(9-17(16)12-27)24-10-14-3-5-15(6-4-14)20-25-26-21(28-20)19(22)23;1-2-3/h3-9,13,19,24H,10-12H2,1-2H3;1H3. The molecule has 2 aromatic carbocycles. The number of fused-ring (bicyclic) bond motifs is 1. The van der Waals surface area contributed by atoms with E-state index in [0.29, 0.717) is 18.2 Å². The molecule has 0 unspecified atom stereocenters. The number of aromatic nitrogens is 2. The monoisotopic (exact) mass is 429 g/mol. The molecule has 0 radical (unpaired) electrons. The van der Waals surface area contributed by atoms with Gasteiger partial charge in [-0.25, -0.2) is 0 Å². The first kappa shape index (κ1) is 22.5. The second kappa shape index (κ2) is 10.2. The number of hydrogen-bond acceptors (Lipinski definition) is 7. The first-order chi connectivity index (χ1) is 14.9. The number of rotatable bonds is 6. The second-order valence-corrected chi connectivity index (χ2v) is 7.46. The lowest BCUT2D eigenvalue weighted by atomic mass is 10.1. The average Bonchev–Trinajstić information content (AvgIpc) is 3.40. The summed E-state index contributed by atoms with van der Waals surface area (Å²) in [5.41, 5.74) is 5.55. The van der Waals surface area contributed by atoms with Gasteiger partial charge in [0.2, 0.25) is 5.89 Å². The molecule has 4 rings (SSSR count). The van der Waals surface area contributed by atoms with Crippen molar-refractivity contribution in [3.8, 4) is 11.5 Å². The van der Waals surface area contributed by atoms with E-state index in [1.807, 2.05) is 12.1 Å². The van der Waals surface area contributed by atoms with E-state index in [2.05, 4.69) is 57.6 Å². The van der Waals surface area contributed by atoms with Gasteiger partial charge in [-0.15, -0.1) is 10.2 Å². The van der Waals surface area contributed by atoms with Crippen LogP contribution in [-0.4, -0.2) is 28.2 Å². The Morgan fingerprint density at radius 2 is 1.77 bits per heavy atom. The van der Waals surface area contributed by atoms with Crippen LogP contribution in [0.3, 0.4) is 0 Å². The maximum absolute atomic E-state index is 12.6. The molecule has 1 aromatic heterocycles. The minimum absolute atomic E-state index is 0.100. The Bertz CT molecular complexity index is 1010. The highest BCUT2D eigenvalue weighted by Gasteiger charge is 2.21. The predicted octanol–water partition coefficient (Wildman–Crippen LogP) is 5.39. The van der Waals surface area contributed by atoms with Crippen LogP contribution in [0.5, 0.6) is 0 Å². The lowest BCUT2D eigenvalue weighted by Gasteiger charge is -2.18. The van der Waals surface area contributed by atoms with Crippen LogP contribution in [0.2, 0.25) is 0 Å². The Morgan fingerprint density at radius 3 is 2.39 bits per heavy atom. The minimum Gasteiger partial charge on any atom is -0.415 e. The van der Waals surface area contributed by atoms with Gasteiger partial charge in [-0.3, -0.25) is 4.90 Å². The number of nitrogens with one attached hydrogen (secondary N) is 1. The summed E-state index contributed by atoms with van der Waals surface area (Å²) in [6.07, 6.45) is -2.76. The van der Waals surface area contributed by atoms with Gasteiger partial charge >= 0.3 is 6.43 Å². The van der Waals surface area contributed by atoms with Gasteiger partial charge in [0.1, 0.15) is 0 Å². The topological polar surface area (TPSA) is 83.6 Å². The Labute approximate surface area is 179 Å². The van der Waals surface area contributed by atoms with E-state index in [-0.39, 0.29) is 5.89 Å². The molecule has 3 aromatic rings. The SMILES string of the molecule is CC(C)N1Cc2ccc(NCc3ccc(-c4nnc(C(F)F)o4)cc3)cc2C1.CN=O. The minimum atomic E-state index is -2.76. The smallest absolute Gasteiger partial charge is 0.314 e. The molecule has 1 aliphatic rings. The first-order valence-electron chi connectivity index (χ1n) is 9.93. The third-order valence-electron chi connectivity index (χ3n) is 5.01. The molecule has 0 saturated heterocycles. The molecule has 7 nitrogen and oxygen atoms in total. The predicted molar refractivity (Wildman–Crippen MR) is 115 cm³/mol. The number of nitrogens with zero attached hydrogens (tertiary/aromatic N) is 4. The van der Waals surface area contributed by atoms with Crippen LogP contribution in [0.1, 0.15) is 42.9 Å². The van der Waals surface area contributed by atoms with Crippen molar-refractivity contribution in [2.45, 2.75) is 45.9 Å². The van der Waals surface area contributed by atoms with Gasteiger partial charge in [0, 0.05) is 36.9 Å². The van der Waals surface area contributed by atoms with Crippen LogP contribution in [-0.2, 0) is 19.6 Å². The molecular weight excluding hydrogens is 404 g/mol. The van der Waals surface area contributed by atoms with E-state index in [4.69, 9.17) is 9.32 Å². The number of hydrogen-bond donors (Lipinski definition) is 1. The van der Waals surface area contributed by atoms with Crippen molar-refractivity contribution in [2.75, 3.05) is 12.4 Å². The van der Waals surface area contributed by atoms with Gasteiger partial charge < -0.3 is 9.73 Å². The van der Waals surface area contributed by atoms with E-state index < -0.39 is 12.3 Å². The van der Waals surface area contributed by atoms with E-state index in [1.54, 1.807) is 12.1 Å². The molecule has 0 atom stereocenters. The quantitative estimate of drug-likeness (QED) is 0.529. The number of benzene rings is 2. The third kappa shape index (κ3) is 5.69. The molecule has 1 aliphatic heterocycles. The summed E-state index contributed by atoms with van der Waals surface area (Å²) in [4.78, 5) is 11.0. The Hall–Kier alpha value is -3.20. The Kier molecular flexibility index (Phi) is 7.41. The van der Waals surface area contributed by atoms with Crippen molar-refractivity contribution in [3.05, 3.63) is 70.0 Å². The molecule has 0 aliphatic carbocycles. The summed E-state index contributed by atoms with van der Waals surface area (Å²) in [5, 5.41) is 12.7. The number of anilines is 1. The molecule has 0 saturated carbocycles. The zero-order valence-electron chi connectivity index (χ0n) is 17.7. The van der Waals surface area contributed by atoms with E-state index >= 15 is 0 Å². The Morgan fingerprint density at radius 1 is 1.10 bits per heavy atom. The number of nitroso groups, excluding NO2 is 1. The van der Waals surface area contributed by atoms with Gasteiger partial charge in [-0.1, -0.05) is 23.4 Å². The van der Waals surface area contributed by atoms with Crippen LogP contribution in [0, 0.1) is 4.91 Å². The molecule has 0 spiro atoms. The normalized spacial score (nSPS) is 13.1. The first-order valence-corrected chi connectivity index (χ1v) is 9.93. The summed E-state index contributed by atoms with van der Waals surface area (Å²) in [6, 6.07) is 14.5. The third-order valence-corrected chi connectivity index (χ3v) is 5.01. The van der Waals surface area contributed by atoms with Crippen molar-refractivity contribution in [1.82, 2.24) is 15.1 Å². The van der Waals surface area contributed by atoms with Crippen LogP contribution < -0.4 is 5.32 Å². The highest BCUT2D eigenvalue weighted by atomic mass is 19.3. The number of alkyl halides is 2. The van der Waals surface area contributed by atoms with Crippen molar-refractivity contribution in [2.24, 2.45) is 5.18 Å². The maximum Gasteiger partial charge on any atom is 0.314 e. The second-order valence-electron chi connectivity index (χ2n) is 7.46. The van der Waals surface area contributed by atoms with Crippen LogP contribution in [0.4, 0.5) is 14.5 Å². The molecule has 164 valence electrons. The van der Waals surface area contributed by atoms with Crippen molar-refractivity contribution in [3.63, 3.8) is 0 Å². The summed E-state index contributed by atoms with van der Waals surface area (Å²) in [5.74, 6) is -0.559. The summed E-state index contributed by atoms with van der Waals surface area (Å²) < 4.78 is 30.1. The van der Waals surface area contributed by atoms with Gasteiger partial charge in [0.05, 0.1) is 7.05 Å². The molecular formula is C22H25F2N5O2. The highest BCUT2D eigenvalue weighted by molar-refractivity contribution is 5.54. The van der Waals surface area contributed by atoms with E-state index in [1.165, 1.54) is 18.2 Å². The van der Waals surface area contributed by atoms with Gasteiger partial charge in [0.15, 0.2) is 0 Å². The van der Waals surface area contributed by atoms with E-state index in [9.17, 15) is 8.78 Å². The molecule has 1 N–H and O–H groups in total. The lowest BCUT2D eigenvalue weighted by molar-refractivity contribution is 0.116. The zero-order valence-corrected chi connectivity index (χ0v) is 17.7. The van der Waals surface area contributed by atoms with Gasteiger partial charge in [0.25, 0.3) is 5.89 Å². The van der Waals surface area contributed by atoms with Crippen LogP contribution >= 0.6 is 0 Å². The molecule has 0 fully saturated rings. The average molecular weight is 429 g/mol. The van der Waals surface area contributed by atoms with Crippen LogP contribution in [0.15, 0.2) is 52.1 Å². The largest absolute Gasteiger partial charge is 0.415 e. The summed E-state index contributed by atoms with van der Waals surface area (Å²) in [7, 11) is 1.19. The zero-order chi connectivity index (χ0) is 22.4. The van der Waals surface area contributed by atoms with Crippen molar-refractivity contribution < 1.29 is 13.2 Å².